The molecule has 1 aromatic carbocycles. The molecule has 0 spiro atoms. The third-order valence-electron chi connectivity index (χ3n) is 3.52. The zero-order chi connectivity index (χ0) is 14.2. The van der Waals surface area contributed by atoms with Crippen molar-refractivity contribution in [2.75, 3.05) is 13.6 Å². The average Bonchev–Trinajstić information content (AvgIpc) is 3.14. The number of benzene rings is 1. The summed E-state index contributed by atoms with van der Waals surface area (Å²) >= 11 is 0. The van der Waals surface area contributed by atoms with Crippen molar-refractivity contribution in [1.82, 2.24) is 4.90 Å². The van der Waals surface area contributed by atoms with Gasteiger partial charge in [-0.1, -0.05) is 6.07 Å². The smallest absolute Gasteiger partial charge is 0.329 e. The van der Waals surface area contributed by atoms with Crippen molar-refractivity contribution >= 4 is 0 Å². The maximum absolute atomic E-state index is 13.2. The minimum absolute atomic E-state index is 0.204. The Kier molecular flexibility index (Phi) is 3.82. The molecule has 106 valence electrons. The van der Waals surface area contributed by atoms with Gasteiger partial charge in [0, 0.05) is 18.6 Å². The van der Waals surface area contributed by atoms with Gasteiger partial charge in [0.1, 0.15) is 5.82 Å². The van der Waals surface area contributed by atoms with Crippen LogP contribution in [0.2, 0.25) is 0 Å². The molecule has 0 bridgehead atoms. The van der Waals surface area contributed by atoms with Gasteiger partial charge in [-0.25, -0.2) is 4.39 Å². The van der Waals surface area contributed by atoms with E-state index in [0.29, 0.717) is 11.6 Å². The highest BCUT2D eigenvalue weighted by Gasteiger charge is 2.36. The molecule has 1 unspecified atom stereocenters. The van der Waals surface area contributed by atoms with Crippen LogP contribution in [0.25, 0.3) is 0 Å². The van der Waals surface area contributed by atoms with Crippen LogP contribution in [0.4, 0.5) is 17.6 Å². The van der Waals surface area contributed by atoms with Crippen molar-refractivity contribution in [2.45, 2.75) is 31.1 Å². The summed E-state index contributed by atoms with van der Waals surface area (Å²) in [7, 11) is 1.84. The summed E-state index contributed by atoms with van der Waals surface area (Å²) in [5, 5.41) is 0. The van der Waals surface area contributed by atoms with Gasteiger partial charge >= 0.3 is 6.18 Å². The highest BCUT2D eigenvalue weighted by molar-refractivity contribution is 5.30. The fourth-order valence-corrected chi connectivity index (χ4v) is 2.24. The van der Waals surface area contributed by atoms with Crippen LogP contribution in [0.3, 0.4) is 0 Å². The number of halogens is 4. The van der Waals surface area contributed by atoms with Gasteiger partial charge < -0.3 is 5.73 Å². The van der Waals surface area contributed by atoms with Crippen LogP contribution in [0.15, 0.2) is 18.2 Å². The SMILES string of the molecule is CN(C1CC1)C(CN)c1ccc(F)c(C(F)(F)F)c1. The summed E-state index contributed by atoms with van der Waals surface area (Å²) in [5.41, 5.74) is 4.83. The molecule has 0 radical (unpaired) electrons. The summed E-state index contributed by atoms with van der Waals surface area (Å²) in [5.74, 6) is -1.25. The predicted molar refractivity (Wildman–Crippen MR) is 64.0 cm³/mol. The van der Waals surface area contributed by atoms with Gasteiger partial charge in [-0.3, -0.25) is 4.90 Å². The molecule has 2 N–H and O–H groups in total. The molecule has 0 amide bonds. The third-order valence-corrected chi connectivity index (χ3v) is 3.52. The second-order valence-electron chi connectivity index (χ2n) is 4.89. The van der Waals surface area contributed by atoms with Crippen LogP contribution in [0.1, 0.15) is 30.0 Å². The fourth-order valence-electron chi connectivity index (χ4n) is 2.24. The lowest BCUT2D eigenvalue weighted by Crippen LogP contribution is -2.32. The summed E-state index contributed by atoms with van der Waals surface area (Å²) in [6.45, 7) is 0.204. The highest BCUT2D eigenvalue weighted by atomic mass is 19.4. The van der Waals surface area contributed by atoms with Gasteiger partial charge in [0.05, 0.1) is 5.56 Å². The molecule has 19 heavy (non-hydrogen) atoms. The summed E-state index contributed by atoms with van der Waals surface area (Å²) in [4.78, 5) is 1.97. The van der Waals surface area contributed by atoms with Crippen molar-refractivity contribution < 1.29 is 17.6 Å². The Labute approximate surface area is 109 Å². The lowest BCUT2D eigenvalue weighted by Gasteiger charge is -2.27. The molecule has 0 aliphatic heterocycles. The van der Waals surface area contributed by atoms with Gasteiger partial charge in [-0.15, -0.1) is 0 Å². The topological polar surface area (TPSA) is 29.3 Å². The second-order valence-corrected chi connectivity index (χ2v) is 4.89. The minimum Gasteiger partial charge on any atom is -0.329 e. The maximum Gasteiger partial charge on any atom is 0.419 e. The number of hydrogen-bond acceptors (Lipinski definition) is 2. The average molecular weight is 276 g/mol. The van der Waals surface area contributed by atoms with E-state index in [0.717, 1.165) is 25.0 Å². The summed E-state index contributed by atoms with van der Waals surface area (Å²) in [6.07, 6.45) is -2.63. The lowest BCUT2D eigenvalue weighted by atomic mass is 10.0. The first-order valence-corrected chi connectivity index (χ1v) is 6.13. The van der Waals surface area contributed by atoms with Gasteiger partial charge in [-0.2, -0.15) is 13.2 Å². The number of nitrogens with two attached hydrogens (primary N) is 1. The van der Waals surface area contributed by atoms with Crippen LogP contribution >= 0.6 is 0 Å². The standard InChI is InChI=1S/C13H16F4N2/c1-19(9-3-4-9)12(7-18)8-2-5-11(14)10(6-8)13(15,16)17/h2,5-6,9,12H,3-4,7,18H2,1H3. The van der Waals surface area contributed by atoms with Crippen molar-refractivity contribution in [3.8, 4) is 0 Å². The fraction of sp³-hybridized carbons (Fsp3) is 0.538. The van der Waals surface area contributed by atoms with Crippen LogP contribution in [-0.2, 0) is 6.18 Å². The Bertz CT molecular complexity index is 454. The number of rotatable bonds is 4. The van der Waals surface area contributed by atoms with E-state index in [-0.39, 0.29) is 12.6 Å². The highest BCUT2D eigenvalue weighted by Crippen LogP contribution is 2.36. The van der Waals surface area contributed by atoms with Crippen molar-refractivity contribution in [2.24, 2.45) is 5.73 Å². The molecule has 6 heteroatoms. The van der Waals surface area contributed by atoms with Crippen molar-refractivity contribution in [3.63, 3.8) is 0 Å². The quantitative estimate of drug-likeness (QED) is 0.857. The molecule has 0 aromatic heterocycles. The van der Waals surface area contributed by atoms with Gasteiger partial charge in [0.25, 0.3) is 0 Å². The predicted octanol–water partition coefficient (Wildman–Crippen LogP) is 2.94. The molecule has 1 aromatic rings. The molecule has 1 atom stereocenters. The van der Waals surface area contributed by atoms with Gasteiger partial charge in [0.2, 0.25) is 0 Å². The van der Waals surface area contributed by atoms with E-state index in [4.69, 9.17) is 5.73 Å². The summed E-state index contributed by atoms with van der Waals surface area (Å²) in [6, 6.07) is 3.16. The van der Waals surface area contributed by atoms with Crippen LogP contribution in [0.5, 0.6) is 0 Å². The maximum atomic E-state index is 13.2. The Morgan fingerprint density at radius 3 is 2.47 bits per heavy atom. The number of alkyl halides is 3. The lowest BCUT2D eigenvalue weighted by molar-refractivity contribution is -0.140. The molecule has 1 aliphatic rings. The molecule has 2 rings (SSSR count). The first kappa shape index (κ1) is 14.3. The van der Waals surface area contributed by atoms with E-state index in [9.17, 15) is 17.6 Å². The first-order chi connectivity index (χ1) is 8.84. The third kappa shape index (κ3) is 3.06. The van der Waals surface area contributed by atoms with E-state index in [1.807, 2.05) is 11.9 Å². The largest absolute Gasteiger partial charge is 0.419 e. The minimum atomic E-state index is -4.68. The monoisotopic (exact) mass is 276 g/mol. The van der Waals surface area contributed by atoms with Crippen molar-refractivity contribution in [3.05, 3.63) is 35.1 Å². The molecule has 1 fully saturated rings. The molecule has 1 saturated carbocycles. The van der Waals surface area contributed by atoms with Gasteiger partial charge in [-0.05, 0) is 37.6 Å². The molecule has 2 nitrogen and oxygen atoms in total. The van der Waals surface area contributed by atoms with E-state index in [1.165, 1.54) is 6.07 Å². The normalized spacial score (nSPS) is 17.8. The Morgan fingerprint density at radius 1 is 1.37 bits per heavy atom. The zero-order valence-corrected chi connectivity index (χ0v) is 10.5. The zero-order valence-electron chi connectivity index (χ0n) is 10.5. The number of hydrogen-bond donors (Lipinski definition) is 1. The van der Waals surface area contributed by atoms with Crippen molar-refractivity contribution in [1.29, 1.82) is 0 Å². The Morgan fingerprint density at radius 2 is 2.00 bits per heavy atom. The first-order valence-electron chi connectivity index (χ1n) is 6.13. The van der Waals surface area contributed by atoms with Crippen LogP contribution in [0, 0.1) is 5.82 Å². The molecular weight excluding hydrogens is 260 g/mol. The molecular formula is C13H16F4N2. The van der Waals surface area contributed by atoms with E-state index in [1.54, 1.807) is 0 Å². The Hall–Kier alpha value is -1.14. The summed E-state index contributed by atoms with van der Waals surface area (Å²) < 4.78 is 51.3. The van der Waals surface area contributed by atoms with Crippen LogP contribution < -0.4 is 5.73 Å². The number of likely N-dealkylation sites (N-methyl/N-ethyl adjacent to an activating group) is 1. The molecule has 0 heterocycles. The van der Waals surface area contributed by atoms with Gasteiger partial charge in [0.15, 0.2) is 0 Å². The number of nitrogens with zero attached hydrogens (tertiary/aromatic N) is 1. The molecule has 1 aliphatic carbocycles. The Balaban J connectivity index is 2.33. The van der Waals surface area contributed by atoms with E-state index >= 15 is 0 Å². The van der Waals surface area contributed by atoms with E-state index < -0.39 is 17.6 Å². The van der Waals surface area contributed by atoms with Crippen LogP contribution in [-0.4, -0.2) is 24.5 Å². The molecule has 0 saturated heterocycles. The second kappa shape index (κ2) is 5.09. The van der Waals surface area contributed by atoms with E-state index in [2.05, 4.69) is 0 Å².